The maximum atomic E-state index is 9.29. The average molecular weight is 330 g/mol. The molecular formula is C17H26N6O. The van der Waals surface area contributed by atoms with Crippen molar-refractivity contribution >= 4 is 11.8 Å². The lowest BCUT2D eigenvalue weighted by Crippen LogP contribution is -2.36. The van der Waals surface area contributed by atoms with Crippen molar-refractivity contribution < 1.29 is 4.74 Å². The number of hydrogen-bond acceptors (Lipinski definition) is 7. The molecule has 3 heterocycles. The minimum Gasteiger partial charge on any atom is -0.383 e. The van der Waals surface area contributed by atoms with E-state index in [2.05, 4.69) is 21.6 Å². The molecule has 130 valence electrons. The molecule has 1 fully saturated rings. The molecule has 0 saturated carbocycles. The van der Waals surface area contributed by atoms with Crippen LogP contribution in [0.2, 0.25) is 0 Å². The van der Waals surface area contributed by atoms with Crippen LogP contribution in [-0.4, -0.2) is 56.4 Å². The van der Waals surface area contributed by atoms with Crippen molar-refractivity contribution in [2.75, 3.05) is 56.7 Å². The first kappa shape index (κ1) is 16.9. The van der Waals surface area contributed by atoms with Crippen LogP contribution in [0.3, 0.4) is 0 Å². The van der Waals surface area contributed by atoms with Crippen LogP contribution in [-0.2, 0) is 17.6 Å². The van der Waals surface area contributed by atoms with E-state index in [9.17, 15) is 5.26 Å². The van der Waals surface area contributed by atoms with Crippen LogP contribution in [0.25, 0.3) is 0 Å². The van der Waals surface area contributed by atoms with Gasteiger partial charge in [0.2, 0.25) is 5.95 Å². The Morgan fingerprint density at radius 3 is 3.08 bits per heavy atom. The molecule has 1 aromatic rings. The highest BCUT2D eigenvalue weighted by molar-refractivity contribution is 5.54. The lowest BCUT2D eigenvalue weighted by molar-refractivity contribution is 0.210. The summed E-state index contributed by atoms with van der Waals surface area (Å²) < 4.78 is 5.10. The van der Waals surface area contributed by atoms with Gasteiger partial charge in [-0.05, 0) is 25.8 Å². The van der Waals surface area contributed by atoms with Gasteiger partial charge in [-0.15, -0.1) is 0 Å². The third kappa shape index (κ3) is 3.94. The van der Waals surface area contributed by atoms with Crippen molar-refractivity contribution in [3.05, 3.63) is 11.3 Å². The van der Waals surface area contributed by atoms with Crippen LogP contribution < -0.4 is 15.5 Å². The second-order valence-electron chi connectivity index (χ2n) is 6.38. The molecule has 7 heteroatoms. The minimum atomic E-state index is 0.0955. The Labute approximate surface area is 143 Å². The fourth-order valence-electron chi connectivity index (χ4n) is 3.41. The Kier molecular flexibility index (Phi) is 5.83. The predicted molar refractivity (Wildman–Crippen MR) is 93.2 cm³/mol. The van der Waals surface area contributed by atoms with E-state index in [1.807, 2.05) is 0 Å². The number of nitrogens with zero attached hydrogens (tertiary/aromatic N) is 4. The summed E-state index contributed by atoms with van der Waals surface area (Å²) in [4.78, 5) is 11.8. The van der Waals surface area contributed by atoms with Crippen molar-refractivity contribution in [2.45, 2.75) is 25.7 Å². The quantitative estimate of drug-likeness (QED) is 0.778. The molecular weight excluding hydrogens is 304 g/mol. The maximum absolute atomic E-state index is 9.29. The molecule has 0 spiro atoms. The molecule has 7 nitrogen and oxygen atoms in total. The summed E-state index contributed by atoms with van der Waals surface area (Å²) in [7, 11) is 1.69. The van der Waals surface area contributed by atoms with Gasteiger partial charge in [0.05, 0.1) is 24.3 Å². The number of aromatic nitrogens is 2. The van der Waals surface area contributed by atoms with Gasteiger partial charge in [-0.3, -0.25) is 0 Å². The molecule has 2 aliphatic heterocycles. The van der Waals surface area contributed by atoms with Gasteiger partial charge in [0.25, 0.3) is 0 Å². The monoisotopic (exact) mass is 330 g/mol. The summed E-state index contributed by atoms with van der Waals surface area (Å²) in [5.74, 6) is 1.78. The van der Waals surface area contributed by atoms with Gasteiger partial charge in [-0.25, -0.2) is 4.98 Å². The standard InChI is InChI=1S/C17H26N6O/c1-24-10-8-20-17-21-15-5-7-19-6-4-14(15)16(22-17)23-9-2-3-13(11-18)12-23/h13,19H,2-10,12H2,1H3,(H,20,21,22). The molecule has 0 aliphatic carbocycles. The minimum absolute atomic E-state index is 0.0955. The number of ether oxygens (including phenoxy) is 1. The Bertz CT molecular complexity index is 599. The molecule has 2 N–H and O–H groups in total. The molecule has 1 atom stereocenters. The van der Waals surface area contributed by atoms with Gasteiger partial charge in [0.1, 0.15) is 5.82 Å². The number of fused-ring (bicyclic) bond motifs is 1. The molecule has 0 radical (unpaired) electrons. The maximum Gasteiger partial charge on any atom is 0.224 e. The first-order valence-corrected chi connectivity index (χ1v) is 8.79. The predicted octanol–water partition coefficient (Wildman–Crippen LogP) is 0.963. The van der Waals surface area contributed by atoms with Gasteiger partial charge in [0, 0.05) is 45.3 Å². The van der Waals surface area contributed by atoms with Crippen LogP contribution in [0.15, 0.2) is 0 Å². The zero-order chi connectivity index (χ0) is 16.8. The molecule has 0 amide bonds. The lowest BCUT2D eigenvalue weighted by atomic mass is 9.98. The molecule has 0 aromatic carbocycles. The van der Waals surface area contributed by atoms with Crippen molar-refractivity contribution in [3.8, 4) is 6.07 Å². The lowest BCUT2D eigenvalue weighted by Gasteiger charge is -2.32. The number of piperidine rings is 1. The first-order chi connectivity index (χ1) is 11.8. The zero-order valence-electron chi connectivity index (χ0n) is 14.3. The normalized spacial score (nSPS) is 20.8. The Balaban J connectivity index is 1.89. The average Bonchev–Trinajstić information content (AvgIpc) is 2.87. The van der Waals surface area contributed by atoms with Crippen molar-refractivity contribution in [3.63, 3.8) is 0 Å². The van der Waals surface area contributed by atoms with Crippen LogP contribution >= 0.6 is 0 Å². The number of nitriles is 1. The van der Waals surface area contributed by atoms with E-state index in [-0.39, 0.29) is 5.92 Å². The number of hydrogen-bond donors (Lipinski definition) is 2. The number of methoxy groups -OCH3 is 1. The van der Waals surface area contributed by atoms with Crippen LogP contribution in [0, 0.1) is 17.2 Å². The topological polar surface area (TPSA) is 86.1 Å². The van der Waals surface area contributed by atoms with Crippen molar-refractivity contribution in [2.24, 2.45) is 5.92 Å². The molecule has 1 unspecified atom stereocenters. The second-order valence-corrected chi connectivity index (χ2v) is 6.38. The van der Waals surface area contributed by atoms with Crippen molar-refractivity contribution in [1.82, 2.24) is 15.3 Å². The van der Waals surface area contributed by atoms with Gasteiger partial charge >= 0.3 is 0 Å². The number of rotatable bonds is 5. The summed E-state index contributed by atoms with van der Waals surface area (Å²) in [6, 6.07) is 2.42. The fourth-order valence-corrected chi connectivity index (χ4v) is 3.41. The van der Waals surface area contributed by atoms with E-state index in [0.717, 1.165) is 63.4 Å². The van der Waals surface area contributed by atoms with Gasteiger partial charge < -0.3 is 20.3 Å². The van der Waals surface area contributed by atoms with Crippen molar-refractivity contribution in [1.29, 1.82) is 5.26 Å². The van der Waals surface area contributed by atoms with E-state index in [4.69, 9.17) is 14.7 Å². The second kappa shape index (κ2) is 8.27. The van der Waals surface area contributed by atoms with Crippen LogP contribution in [0.5, 0.6) is 0 Å². The van der Waals surface area contributed by atoms with Gasteiger partial charge in [-0.2, -0.15) is 10.2 Å². The van der Waals surface area contributed by atoms with E-state index >= 15 is 0 Å². The molecule has 0 bridgehead atoms. The van der Waals surface area contributed by atoms with E-state index in [1.165, 1.54) is 5.56 Å². The Morgan fingerprint density at radius 2 is 2.25 bits per heavy atom. The summed E-state index contributed by atoms with van der Waals surface area (Å²) in [6.45, 7) is 4.94. The Morgan fingerprint density at radius 1 is 1.38 bits per heavy atom. The molecule has 2 aliphatic rings. The highest BCUT2D eigenvalue weighted by atomic mass is 16.5. The highest BCUT2D eigenvalue weighted by Gasteiger charge is 2.25. The summed E-state index contributed by atoms with van der Waals surface area (Å²) in [5, 5.41) is 16.0. The molecule has 1 aromatic heterocycles. The van der Waals surface area contributed by atoms with Crippen LogP contribution in [0.4, 0.5) is 11.8 Å². The smallest absolute Gasteiger partial charge is 0.224 e. The third-order valence-electron chi connectivity index (χ3n) is 4.65. The van der Waals surface area contributed by atoms with E-state index < -0.39 is 0 Å². The third-order valence-corrected chi connectivity index (χ3v) is 4.65. The largest absolute Gasteiger partial charge is 0.383 e. The van der Waals surface area contributed by atoms with E-state index in [1.54, 1.807) is 7.11 Å². The Hall–Kier alpha value is -1.91. The zero-order valence-corrected chi connectivity index (χ0v) is 14.3. The van der Waals surface area contributed by atoms with Crippen LogP contribution in [0.1, 0.15) is 24.1 Å². The summed E-state index contributed by atoms with van der Waals surface area (Å²) in [6.07, 6.45) is 3.89. The van der Waals surface area contributed by atoms with Gasteiger partial charge in [-0.1, -0.05) is 0 Å². The SMILES string of the molecule is COCCNc1nc2c(c(N3CCCC(C#N)C3)n1)CCNCC2. The number of anilines is 2. The molecule has 24 heavy (non-hydrogen) atoms. The fraction of sp³-hybridized carbons (Fsp3) is 0.706. The van der Waals surface area contributed by atoms with E-state index in [0.29, 0.717) is 19.1 Å². The highest BCUT2D eigenvalue weighted by Crippen LogP contribution is 2.28. The molecule has 1 saturated heterocycles. The van der Waals surface area contributed by atoms with Gasteiger partial charge in [0.15, 0.2) is 0 Å². The molecule has 3 rings (SSSR count). The summed E-state index contributed by atoms with van der Waals surface area (Å²) >= 11 is 0. The number of nitrogens with one attached hydrogen (secondary N) is 2. The summed E-state index contributed by atoms with van der Waals surface area (Å²) in [5.41, 5.74) is 2.37. The first-order valence-electron chi connectivity index (χ1n) is 8.79.